The number of aliphatic hydroxyl groups excluding tert-OH is 1. The predicted octanol–water partition coefficient (Wildman–Crippen LogP) is 3.80. The van der Waals surface area contributed by atoms with Crippen LogP contribution in [-0.4, -0.2) is 47.4 Å². The first-order valence-corrected chi connectivity index (χ1v) is 11.5. The minimum Gasteiger partial charge on any atom is -0.380 e. The Morgan fingerprint density at radius 2 is 1.85 bits per heavy atom. The maximum atomic E-state index is 12.9. The van der Waals surface area contributed by atoms with Crippen LogP contribution < -0.4 is 16.0 Å². The standard InChI is InChI=1S/C19H17F5N4O5S/c20-34(21,22,23,24)12-4-2-11(3-5-12)28-7-8-32-16(19(28)31)15(29)18(30)26-10-1-6-13-14(9-10)33-27-17(13)25/h1-6,9,15-16,29H,7-8H2,(H2,25,27)(H,26,30). The van der Waals surface area contributed by atoms with E-state index in [0.29, 0.717) is 17.5 Å². The molecule has 2 amide bonds. The van der Waals surface area contributed by atoms with Crippen molar-refractivity contribution in [1.29, 1.82) is 0 Å². The minimum absolute atomic E-state index is 0.134. The number of benzene rings is 2. The Kier molecular flexibility index (Phi) is 5.08. The summed E-state index contributed by atoms with van der Waals surface area (Å²) in [4.78, 5) is 24.1. The second-order valence-electron chi connectivity index (χ2n) is 7.46. The van der Waals surface area contributed by atoms with Gasteiger partial charge < -0.3 is 30.3 Å². The quantitative estimate of drug-likeness (QED) is 0.447. The molecule has 1 aromatic heterocycles. The van der Waals surface area contributed by atoms with Crippen LogP contribution >= 0.6 is 10.2 Å². The van der Waals surface area contributed by atoms with Crippen molar-refractivity contribution in [3.63, 3.8) is 0 Å². The number of aliphatic hydroxyl groups is 1. The molecule has 2 atom stereocenters. The number of anilines is 3. The van der Waals surface area contributed by atoms with E-state index in [-0.39, 0.29) is 48.1 Å². The Hall–Kier alpha value is -3.43. The van der Waals surface area contributed by atoms with E-state index in [4.69, 9.17) is 15.0 Å². The van der Waals surface area contributed by atoms with Gasteiger partial charge in [0.05, 0.1) is 12.0 Å². The highest BCUT2D eigenvalue weighted by Crippen LogP contribution is 3.02. The van der Waals surface area contributed by atoms with Crippen molar-refractivity contribution < 1.29 is 43.4 Å². The van der Waals surface area contributed by atoms with E-state index in [0.717, 1.165) is 4.90 Å². The molecule has 0 bridgehead atoms. The molecule has 1 aliphatic heterocycles. The van der Waals surface area contributed by atoms with Gasteiger partial charge in [-0.1, -0.05) is 24.6 Å². The van der Waals surface area contributed by atoms with Gasteiger partial charge in [-0.05, 0) is 36.4 Å². The number of hydrogen-bond donors (Lipinski definition) is 3. The topological polar surface area (TPSA) is 131 Å². The van der Waals surface area contributed by atoms with Crippen LogP contribution in [0.25, 0.3) is 11.0 Å². The Labute approximate surface area is 188 Å². The van der Waals surface area contributed by atoms with Crippen LogP contribution in [0.2, 0.25) is 0 Å². The number of aromatic nitrogens is 1. The summed E-state index contributed by atoms with van der Waals surface area (Å²) in [6.45, 7) is -0.309. The lowest BCUT2D eigenvalue weighted by Gasteiger charge is -2.40. The number of amides is 2. The van der Waals surface area contributed by atoms with E-state index < -0.39 is 39.1 Å². The Morgan fingerprint density at radius 1 is 1.18 bits per heavy atom. The molecule has 1 saturated heterocycles. The summed E-state index contributed by atoms with van der Waals surface area (Å²) in [7, 11) is -9.87. The lowest BCUT2D eigenvalue weighted by molar-refractivity contribution is -0.150. The average molecular weight is 508 g/mol. The lowest BCUT2D eigenvalue weighted by Crippen LogP contribution is -2.55. The number of hydrogen-bond acceptors (Lipinski definition) is 7. The maximum Gasteiger partial charge on any atom is 0.310 e. The molecule has 0 aliphatic carbocycles. The first-order valence-electron chi connectivity index (χ1n) is 9.55. The molecule has 1 aliphatic rings. The fourth-order valence-electron chi connectivity index (χ4n) is 3.36. The monoisotopic (exact) mass is 508 g/mol. The van der Waals surface area contributed by atoms with Crippen molar-refractivity contribution in [1.82, 2.24) is 5.16 Å². The zero-order valence-electron chi connectivity index (χ0n) is 17.0. The summed E-state index contributed by atoms with van der Waals surface area (Å²) in [6, 6.07) is 6.12. The highest BCUT2D eigenvalue weighted by molar-refractivity contribution is 8.45. The van der Waals surface area contributed by atoms with Gasteiger partial charge in [0.15, 0.2) is 23.6 Å². The minimum atomic E-state index is -9.87. The summed E-state index contributed by atoms with van der Waals surface area (Å²) < 4.78 is 74.8. The van der Waals surface area contributed by atoms with Crippen molar-refractivity contribution in [2.75, 3.05) is 29.1 Å². The Bertz CT molecular complexity index is 1280. The van der Waals surface area contributed by atoms with Crippen LogP contribution in [-0.2, 0) is 14.3 Å². The number of nitrogens with zero attached hydrogens (tertiary/aromatic N) is 2. The van der Waals surface area contributed by atoms with E-state index in [2.05, 4.69) is 10.5 Å². The van der Waals surface area contributed by atoms with Crippen molar-refractivity contribution in [3.05, 3.63) is 42.5 Å². The van der Waals surface area contributed by atoms with Crippen LogP contribution in [0.1, 0.15) is 0 Å². The van der Waals surface area contributed by atoms with Crippen molar-refractivity contribution in [2.45, 2.75) is 17.1 Å². The van der Waals surface area contributed by atoms with Gasteiger partial charge in [-0.15, -0.1) is 0 Å². The number of rotatable bonds is 5. The van der Waals surface area contributed by atoms with Crippen LogP contribution in [0.3, 0.4) is 0 Å². The number of halogens is 5. The molecule has 2 heterocycles. The molecule has 2 aromatic carbocycles. The van der Waals surface area contributed by atoms with Gasteiger partial charge >= 0.3 is 10.2 Å². The highest BCUT2D eigenvalue weighted by Gasteiger charge is 2.65. The third kappa shape index (κ3) is 4.62. The summed E-state index contributed by atoms with van der Waals surface area (Å²) >= 11 is 0. The molecule has 0 saturated carbocycles. The maximum absolute atomic E-state index is 12.9. The van der Waals surface area contributed by atoms with Crippen LogP contribution in [0.15, 0.2) is 51.9 Å². The van der Waals surface area contributed by atoms with Crippen LogP contribution in [0.4, 0.5) is 36.6 Å². The number of carbonyl (C=O) groups excluding carboxylic acids is 2. The van der Waals surface area contributed by atoms with Gasteiger partial charge in [0.1, 0.15) is 4.90 Å². The number of morpholine rings is 1. The molecule has 9 nitrogen and oxygen atoms in total. The fraction of sp³-hybridized carbons (Fsp3) is 0.211. The fourth-order valence-corrected chi connectivity index (χ4v) is 4.01. The molecule has 3 aromatic rings. The number of nitrogen functional groups attached to an aromatic ring is 1. The van der Waals surface area contributed by atoms with Gasteiger partial charge in [-0.3, -0.25) is 9.59 Å². The van der Waals surface area contributed by atoms with E-state index in [1.807, 2.05) is 0 Å². The van der Waals surface area contributed by atoms with Gasteiger partial charge in [-0.2, -0.15) is 0 Å². The second kappa shape index (κ2) is 7.28. The third-order valence-corrected chi connectivity index (χ3v) is 6.20. The lowest BCUT2D eigenvalue weighted by atomic mass is 10.1. The van der Waals surface area contributed by atoms with Crippen LogP contribution in [0.5, 0.6) is 0 Å². The molecule has 34 heavy (non-hydrogen) atoms. The van der Waals surface area contributed by atoms with Crippen molar-refractivity contribution in [3.8, 4) is 0 Å². The molecule has 1 fully saturated rings. The molecule has 4 N–H and O–H groups in total. The largest absolute Gasteiger partial charge is 0.380 e. The molecule has 0 spiro atoms. The number of fused-ring (bicyclic) bond motifs is 1. The molecule has 2 unspecified atom stereocenters. The van der Waals surface area contributed by atoms with Crippen molar-refractivity contribution >= 4 is 50.2 Å². The van der Waals surface area contributed by atoms with Gasteiger partial charge in [0.2, 0.25) is 0 Å². The number of nitrogens with two attached hydrogens (primary N) is 1. The highest BCUT2D eigenvalue weighted by atomic mass is 32.5. The van der Waals surface area contributed by atoms with E-state index in [1.165, 1.54) is 18.2 Å². The van der Waals surface area contributed by atoms with Gasteiger partial charge in [-0.25, -0.2) is 0 Å². The summed E-state index contributed by atoms with van der Waals surface area (Å²) in [5.41, 5.74) is 5.93. The summed E-state index contributed by atoms with van der Waals surface area (Å²) in [6.07, 6.45) is -3.68. The predicted molar refractivity (Wildman–Crippen MR) is 113 cm³/mol. The normalized spacial score (nSPS) is 20.0. The van der Waals surface area contributed by atoms with E-state index in [1.54, 1.807) is 0 Å². The summed E-state index contributed by atoms with van der Waals surface area (Å²) in [5.74, 6) is -1.81. The van der Waals surface area contributed by atoms with Gasteiger partial charge in [0, 0.05) is 24.0 Å². The Morgan fingerprint density at radius 3 is 2.50 bits per heavy atom. The SMILES string of the molecule is Nc1noc2cc(NC(=O)C(O)C3OCCN(c4ccc(S(F)(F)(F)(F)F)cc4)C3=O)ccc12. The van der Waals surface area contributed by atoms with E-state index in [9.17, 15) is 34.1 Å². The number of ether oxygens (including phenoxy) is 1. The van der Waals surface area contributed by atoms with Gasteiger partial charge in [0.25, 0.3) is 11.8 Å². The smallest absolute Gasteiger partial charge is 0.310 e. The first kappa shape index (κ1) is 23.7. The average Bonchev–Trinajstić information content (AvgIpc) is 3.12. The van der Waals surface area contributed by atoms with E-state index >= 15 is 0 Å². The molecular formula is C19H17F5N4O5S. The Balaban J connectivity index is 1.49. The number of nitrogens with one attached hydrogen (secondary N) is 1. The molecular weight excluding hydrogens is 491 g/mol. The molecule has 15 heteroatoms. The zero-order chi connectivity index (χ0) is 25.0. The molecule has 4 rings (SSSR count). The van der Waals surface area contributed by atoms with Crippen molar-refractivity contribution in [2.24, 2.45) is 0 Å². The first-order chi connectivity index (χ1) is 15.6. The molecule has 184 valence electrons. The molecule has 0 radical (unpaired) electrons. The zero-order valence-corrected chi connectivity index (χ0v) is 17.8. The number of carbonyl (C=O) groups is 2. The third-order valence-electron chi connectivity index (χ3n) is 5.04. The van der Waals surface area contributed by atoms with Crippen LogP contribution in [0, 0.1) is 0 Å². The summed E-state index contributed by atoms with van der Waals surface area (Å²) in [5, 5.41) is 16.8. The second-order valence-corrected chi connectivity index (χ2v) is 9.87.